The van der Waals surface area contributed by atoms with E-state index in [2.05, 4.69) is 0 Å². The topological polar surface area (TPSA) is 38.7 Å². The largest absolute Gasteiger partial charge is 0.493 e. The van der Waals surface area contributed by atoms with Gasteiger partial charge in [-0.1, -0.05) is 12.1 Å². The predicted octanol–water partition coefficient (Wildman–Crippen LogP) is 2.03. The zero-order chi connectivity index (χ0) is 11.8. The molecule has 3 heteroatoms. The lowest BCUT2D eigenvalue weighted by molar-refractivity contribution is 0.155. The van der Waals surface area contributed by atoms with Gasteiger partial charge in [0.05, 0.1) is 19.3 Å². The van der Waals surface area contributed by atoms with E-state index in [1.54, 1.807) is 14.0 Å². The Kier molecular flexibility index (Phi) is 5.90. The molecule has 1 rings (SSSR count). The standard InChI is InChI=1S/C13H20O3/c1-11(14)7-10-16-13-5-3-12(4-6-13)8-9-15-2/h3-6,11,14H,7-10H2,1-2H3. The van der Waals surface area contributed by atoms with Crippen LogP contribution < -0.4 is 4.74 Å². The van der Waals surface area contributed by atoms with Crippen molar-refractivity contribution in [2.75, 3.05) is 20.3 Å². The Bertz CT molecular complexity index is 280. The average Bonchev–Trinajstić information content (AvgIpc) is 2.27. The highest BCUT2D eigenvalue weighted by Gasteiger charge is 1.98. The molecule has 0 aliphatic carbocycles. The van der Waals surface area contributed by atoms with Gasteiger partial charge in [-0.05, 0) is 31.0 Å². The first-order chi connectivity index (χ1) is 7.72. The van der Waals surface area contributed by atoms with Gasteiger partial charge in [-0.2, -0.15) is 0 Å². The van der Waals surface area contributed by atoms with E-state index in [9.17, 15) is 0 Å². The summed E-state index contributed by atoms with van der Waals surface area (Å²) in [6.45, 7) is 3.05. The molecule has 1 unspecified atom stereocenters. The first-order valence-corrected chi connectivity index (χ1v) is 5.61. The highest BCUT2D eigenvalue weighted by Crippen LogP contribution is 2.13. The van der Waals surface area contributed by atoms with Gasteiger partial charge < -0.3 is 14.6 Å². The van der Waals surface area contributed by atoms with Crippen LogP contribution in [-0.2, 0) is 11.2 Å². The van der Waals surface area contributed by atoms with Crippen LogP contribution in [0.25, 0.3) is 0 Å². The summed E-state index contributed by atoms with van der Waals surface area (Å²) in [4.78, 5) is 0. The van der Waals surface area contributed by atoms with Crippen molar-refractivity contribution in [1.82, 2.24) is 0 Å². The van der Waals surface area contributed by atoms with Crippen LogP contribution in [0, 0.1) is 0 Å². The number of hydrogen-bond acceptors (Lipinski definition) is 3. The maximum atomic E-state index is 9.08. The molecule has 0 aliphatic rings. The van der Waals surface area contributed by atoms with Gasteiger partial charge in [-0.15, -0.1) is 0 Å². The Balaban J connectivity index is 2.33. The lowest BCUT2D eigenvalue weighted by Gasteiger charge is -2.08. The normalized spacial score (nSPS) is 12.4. The molecule has 90 valence electrons. The molecule has 0 aliphatic heterocycles. The minimum Gasteiger partial charge on any atom is -0.493 e. The molecule has 0 saturated heterocycles. The lowest BCUT2D eigenvalue weighted by atomic mass is 10.1. The summed E-state index contributed by atoms with van der Waals surface area (Å²) >= 11 is 0. The minimum absolute atomic E-state index is 0.305. The Hall–Kier alpha value is -1.06. The molecule has 0 saturated carbocycles. The zero-order valence-corrected chi connectivity index (χ0v) is 9.98. The number of methoxy groups -OCH3 is 1. The SMILES string of the molecule is COCCc1ccc(OCCC(C)O)cc1. The van der Waals surface area contributed by atoms with Crippen LogP contribution in [0.5, 0.6) is 5.75 Å². The van der Waals surface area contributed by atoms with Gasteiger partial charge >= 0.3 is 0 Å². The molecular weight excluding hydrogens is 204 g/mol. The van der Waals surface area contributed by atoms with Crippen LogP contribution in [0.15, 0.2) is 24.3 Å². The van der Waals surface area contributed by atoms with E-state index in [-0.39, 0.29) is 6.10 Å². The number of ether oxygens (including phenoxy) is 2. The number of hydrogen-bond donors (Lipinski definition) is 1. The molecule has 0 spiro atoms. The fourth-order valence-corrected chi connectivity index (χ4v) is 1.32. The maximum absolute atomic E-state index is 9.08. The molecule has 0 aromatic heterocycles. The fourth-order valence-electron chi connectivity index (χ4n) is 1.32. The third-order valence-electron chi connectivity index (χ3n) is 2.32. The zero-order valence-electron chi connectivity index (χ0n) is 9.98. The summed E-state index contributed by atoms with van der Waals surface area (Å²) in [6.07, 6.45) is 1.27. The third kappa shape index (κ3) is 5.14. The van der Waals surface area contributed by atoms with Crippen molar-refractivity contribution in [3.05, 3.63) is 29.8 Å². The highest BCUT2D eigenvalue weighted by atomic mass is 16.5. The van der Waals surface area contributed by atoms with Crippen molar-refractivity contribution in [2.45, 2.75) is 25.9 Å². The van der Waals surface area contributed by atoms with Crippen molar-refractivity contribution in [2.24, 2.45) is 0 Å². The second kappa shape index (κ2) is 7.25. The summed E-state index contributed by atoms with van der Waals surface area (Å²) in [5.41, 5.74) is 1.24. The second-order valence-electron chi connectivity index (χ2n) is 3.87. The maximum Gasteiger partial charge on any atom is 0.119 e. The van der Waals surface area contributed by atoms with Crippen molar-refractivity contribution in [3.63, 3.8) is 0 Å². The highest BCUT2D eigenvalue weighted by molar-refractivity contribution is 5.27. The quantitative estimate of drug-likeness (QED) is 0.770. The molecule has 1 aromatic rings. The molecule has 0 radical (unpaired) electrons. The second-order valence-corrected chi connectivity index (χ2v) is 3.87. The van der Waals surface area contributed by atoms with Gasteiger partial charge in [0.1, 0.15) is 5.75 Å². The smallest absolute Gasteiger partial charge is 0.119 e. The average molecular weight is 224 g/mol. The van der Waals surface area contributed by atoms with E-state index in [0.29, 0.717) is 13.0 Å². The first kappa shape index (κ1) is 13.0. The van der Waals surface area contributed by atoms with Gasteiger partial charge in [0, 0.05) is 13.5 Å². The molecule has 16 heavy (non-hydrogen) atoms. The van der Waals surface area contributed by atoms with Crippen LogP contribution in [0.4, 0.5) is 0 Å². The summed E-state index contributed by atoms with van der Waals surface area (Å²) in [5, 5.41) is 9.08. The van der Waals surface area contributed by atoms with E-state index < -0.39 is 0 Å². The molecule has 1 aromatic carbocycles. The number of aliphatic hydroxyl groups is 1. The number of benzene rings is 1. The third-order valence-corrected chi connectivity index (χ3v) is 2.32. The van der Waals surface area contributed by atoms with Gasteiger partial charge in [0.15, 0.2) is 0 Å². The van der Waals surface area contributed by atoms with Gasteiger partial charge in [0.25, 0.3) is 0 Å². The molecular formula is C13H20O3. The van der Waals surface area contributed by atoms with E-state index in [0.717, 1.165) is 18.8 Å². The van der Waals surface area contributed by atoms with Gasteiger partial charge in [-0.25, -0.2) is 0 Å². The van der Waals surface area contributed by atoms with E-state index in [1.165, 1.54) is 5.56 Å². The first-order valence-electron chi connectivity index (χ1n) is 5.61. The molecule has 0 amide bonds. The van der Waals surface area contributed by atoms with E-state index in [4.69, 9.17) is 14.6 Å². The Morgan fingerprint density at radius 3 is 2.44 bits per heavy atom. The molecule has 1 N–H and O–H groups in total. The summed E-state index contributed by atoms with van der Waals surface area (Å²) in [5.74, 6) is 0.849. The van der Waals surface area contributed by atoms with E-state index >= 15 is 0 Å². The molecule has 1 atom stereocenters. The fraction of sp³-hybridized carbons (Fsp3) is 0.538. The van der Waals surface area contributed by atoms with Crippen LogP contribution in [0.3, 0.4) is 0 Å². The monoisotopic (exact) mass is 224 g/mol. The van der Waals surface area contributed by atoms with Gasteiger partial charge in [-0.3, -0.25) is 0 Å². The molecule has 0 heterocycles. The Morgan fingerprint density at radius 1 is 1.19 bits per heavy atom. The van der Waals surface area contributed by atoms with Gasteiger partial charge in [0.2, 0.25) is 0 Å². The van der Waals surface area contributed by atoms with Crippen LogP contribution in [0.1, 0.15) is 18.9 Å². The minimum atomic E-state index is -0.305. The summed E-state index contributed by atoms with van der Waals surface area (Å²) < 4.78 is 10.5. The lowest BCUT2D eigenvalue weighted by Crippen LogP contribution is -2.07. The van der Waals surface area contributed by atoms with Crippen molar-refractivity contribution < 1.29 is 14.6 Å². The number of aliphatic hydroxyl groups excluding tert-OH is 1. The summed E-state index contributed by atoms with van der Waals surface area (Å²) in [7, 11) is 1.70. The summed E-state index contributed by atoms with van der Waals surface area (Å²) in [6, 6.07) is 7.98. The van der Waals surface area contributed by atoms with Crippen molar-refractivity contribution >= 4 is 0 Å². The predicted molar refractivity (Wildman–Crippen MR) is 63.8 cm³/mol. The molecule has 0 fully saturated rings. The van der Waals surface area contributed by atoms with Crippen molar-refractivity contribution in [1.29, 1.82) is 0 Å². The van der Waals surface area contributed by atoms with Crippen LogP contribution in [0.2, 0.25) is 0 Å². The Labute approximate surface area is 97.0 Å². The van der Waals surface area contributed by atoms with Crippen LogP contribution >= 0.6 is 0 Å². The van der Waals surface area contributed by atoms with Crippen molar-refractivity contribution in [3.8, 4) is 5.75 Å². The molecule has 0 bridgehead atoms. The Morgan fingerprint density at radius 2 is 1.88 bits per heavy atom. The van der Waals surface area contributed by atoms with Crippen LogP contribution in [-0.4, -0.2) is 31.5 Å². The number of rotatable bonds is 7. The van der Waals surface area contributed by atoms with E-state index in [1.807, 2.05) is 24.3 Å². The molecule has 3 nitrogen and oxygen atoms in total.